The van der Waals surface area contributed by atoms with Crippen LogP contribution in [-0.4, -0.2) is 123 Å². The number of aromatic nitrogens is 2. The monoisotopic (exact) mass is 728 g/mol. The minimum absolute atomic E-state index is 0.0560. The summed E-state index contributed by atoms with van der Waals surface area (Å²) in [5.74, 6) is -7.47. The number of nitrogens with zero attached hydrogens (tertiary/aromatic N) is 2. The van der Waals surface area contributed by atoms with Gasteiger partial charge >= 0.3 is 5.97 Å². The maximum Gasteiger partial charge on any atom is 0.327 e. The van der Waals surface area contributed by atoms with Gasteiger partial charge in [-0.05, 0) is 25.2 Å². The van der Waals surface area contributed by atoms with Crippen LogP contribution in [0, 0.1) is 5.92 Å². The number of hydrogen-bond donors (Lipinski definition) is 13. The molecule has 1 heterocycles. The molecule has 21 nitrogen and oxygen atoms in total. The molecule has 0 saturated carbocycles. The summed E-state index contributed by atoms with van der Waals surface area (Å²) in [6.45, 7) is 2.82. The Hall–Kier alpha value is -4.96. The summed E-state index contributed by atoms with van der Waals surface area (Å²) in [7, 11) is 0. The Morgan fingerprint density at radius 2 is 1.40 bits per heavy atom. The lowest BCUT2D eigenvalue weighted by atomic mass is 10.0. The minimum Gasteiger partial charge on any atom is -0.480 e. The number of aliphatic hydroxyl groups is 1. The number of rotatable bonds is 23. The fourth-order valence-corrected chi connectivity index (χ4v) is 4.58. The molecule has 16 N–H and O–H groups in total. The van der Waals surface area contributed by atoms with Crippen LogP contribution >= 0.6 is 12.6 Å². The molecule has 1 rings (SSSR count). The average Bonchev–Trinajstić information content (AvgIpc) is 3.55. The van der Waals surface area contributed by atoms with Crippen LogP contribution in [0.3, 0.4) is 0 Å². The van der Waals surface area contributed by atoms with Crippen molar-refractivity contribution in [2.24, 2.45) is 33.8 Å². The lowest BCUT2D eigenvalue weighted by molar-refractivity contribution is -0.141. The number of imidazole rings is 1. The van der Waals surface area contributed by atoms with E-state index >= 15 is 0 Å². The van der Waals surface area contributed by atoms with Gasteiger partial charge in [-0.15, -0.1) is 0 Å². The minimum atomic E-state index is -1.64. The Labute approximate surface area is 293 Å². The Bertz CT molecular complexity index is 1340. The van der Waals surface area contributed by atoms with Crippen molar-refractivity contribution in [2.75, 3.05) is 18.9 Å². The van der Waals surface area contributed by atoms with Gasteiger partial charge in [-0.1, -0.05) is 13.8 Å². The van der Waals surface area contributed by atoms with E-state index in [0.29, 0.717) is 12.1 Å². The van der Waals surface area contributed by atoms with E-state index in [1.807, 2.05) is 0 Å². The van der Waals surface area contributed by atoms with Gasteiger partial charge in [0.25, 0.3) is 0 Å². The molecule has 6 atom stereocenters. The van der Waals surface area contributed by atoms with E-state index in [4.69, 9.17) is 22.9 Å². The van der Waals surface area contributed by atoms with E-state index in [-0.39, 0.29) is 43.4 Å². The van der Waals surface area contributed by atoms with Crippen molar-refractivity contribution in [3.8, 4) is 0 Å². The van der Waals surface area contributed by atoms with E-state index < -0.39 is 90.7 Å². The quantitative estimate of drug-likeness (QED) is 0.0217. The predicted octanol–water partition coefficient (Wildman–Crippen LogP) is -5.31. The number of hydrogen-bond acceptors (Lipinski definition) is 12. The lowest BCUT2D eigenvalue weighted by Gasteiger charge is -2.27. The summed E-state index contributed by atoms with van der Waals surface area (Å²) in [5, 5.41) is 30.9. The number of carboxylic acid groups (broad SMARTS) is 1. The maximum absolute atomic E-state index is 13.6. The van der Waals surface area contributed by atoms with Gasteiger partial charge < -0.3 is 64.7 Å². The predicted molar refractivity (Wildman–Crippen MR) is 182 cm³/mol. The van der Waals surface area contributed by atoms with Crippen molar-refractivity contribution in [3.63, 3.8) is 0 Å². The van der Waals surface area contributed by atoms with Crippen LogP contribution in [0.2, 0.25) is 0 Å². The van der Waals surface area contributed by atoms with Gasteiger partial charge in [-0.25, -0.2) is 9.78 Å². The van der Waals surface area contributed by atoms with Crippen LogP contribution in [0.25, 0.3) is 0 Å². The second kappa shape index (κ2) is 21.9. The summed E-state index contributed by atoms with van der Waals surface area (Å²) in [6.07, 6.45) is 2.27. The molecule has 0 radical (unpaired) electrons. The SMILES string of the molecule is CC(C)C[C@H](NC(=O)[C@H](CC(N)=O)NC(=O)[C@H](Cc1cnc[nH]1)NC(=O)[C@H](CO)NC(=O)[C@@H](N)CCCN=C(N)N)C(=O)N[C@@H](CS)C(=O)O. The topological polar surface area (TPSA) is 365 Å². The normalized spacial score (nSPS) is 14.5. The smallest absolute Gasteiger partial charge is 0.327 e. The molecule has 0 bridgehead atoms. The van der Waals surface area contributed by atoms with Crippen molar-refractivity contribution in [3.05, 3.63) is 18.2 Å². The first-order valence-corrected chi connectivity index (χ1v) is 16.1. The highest BCUT2D eigenvalue weighted by atomic mass is 32.1. The Kier molecular flexibility index (Phi) is 18.9. The second-order valence-electron chi connectivity index (χ2n) is 11.6. The molecular weight excluding hydrogens is 680 g/mol. The Morgan fingerprint density at radius 1 is 0.860 bits per heavy atom. The van der Waals surface area contributed by atoms with Gasteiger partial charge in [0.1, 0.15) is 30.2 Å². The lowest BCUT2D eigenvalue weighted by Crippen LogP contribution is -2.60. The largest absolute Gasteiger partial charge is 0.480 e. The fourth-order valence-electron chi connectivity index (χ4n) is 4.34. The molecule has 0 spiro atoms. The fraction of sp³-hybridized carbons (Fsp3) is 0.607. The number of guanidine groups is 1. The molecule has 0 fully saturated rings. The van der Waals surface area contributed by atoms with Crippen LogP contribution in [0.5, 0.6) is 0 Å². The number of carbonyl (C=O) groups is 7. The van der Waals surface area contributed by atoms with Crippen LogP contribution in [0.1, 0.15) is 45.2 Å². The average molecular weight is 729 g/mol. The third kappa shape index (κ3) is 16.0. The molecule has 1 aromatic rings. The summed E-state index contributed by atoms with van der Waals surface area (Å²) in [4.78, 5) is 99.4. The van der Waals surface area contributed by atoms with Crippen LogP contribution in [0.4, 0.5) is 0 Å². The number of carboxylic acids is 1. The van der Waals surface area contributed by atoms with E-state index in [1.54, 1.807) is 13.8 Å². The molecule has 1 aromatic heterocycles. The van der Waals surface area contributed by atoms with E-state index in [1.165, 1.54) is 12.5 Å². The highest BCUT2D eigenvalue weighted by Gasteiger charge is 2.33. The third-order valence-electron chi connectivity index (χ3n) is 6.91. The number of thiol groups is 1. The van der Waals surface area contributed by atoms with Crippen LogP contribution < -0.4 is 49.5 Å². The molecule has 6 amide bonds. The van der Waals surface area contributed by atoms with Crippen molar-refractivity contribution < 1.29 is 43.8 Å². The number of carbonyl (C=O) groups excluding carboxylic acids is 6. The number of H-pyrrole nitrogens is 1. The zero-order valence-electron chi connectivity index (χ0n) is 27.8. The summed E-state index contributed by atoms with van der Waals surface area (Å²) >= 11 is 3.92. The van der Waals surface area contributed by atoms with Crippen LogP contribution in [-0.2, 0) is 40.0 Å². The standard InChI is InChI=1S/C28H48N12O9S/c1-13(2)6-16(23(44)40-20(11-50)27(48)49)36-25(46)18(8-21(30)42)38-24(45)17(7-14-9-33-12-35-14)37-26(47)19(10-41)39-22(43)15(29)4-3-5-34-28(31)32/h9,12-13,15-20,41,50H,3-8,10-11,29H2,1-2H3,(H2,30,42)(H,33,35)(H,36,46)(H,37,47)(H,38,45)(H,39,43)(H,40,44)(H,48,49)(H4,31,32,34)/t15-,16-,17-,18-,19-,20-/m0/s1. The molecule has 0 aliphatic heterocycles. The number of aliphatic hydroxyl groups excluding tert-OH is 1. The number of aliphatic carboxylic acids is 1. The van der Waals surface area contributed by atoms with Gasteiger partial charge in [0.15, 0.2) is 5.96 Å². The van der Waals surface area contributed by atoms with Gasteiger partial charge in [0.05, 0.1) is 25.4 Å². The van der Waals surface area contributed by atoms with E-state index in [0.717, 1.165) is 0 Å². The summed E-state index contributed by atoms with van der Waals surface area (Å²) in [6, 6.07) is -8.37. The van der Waals surface area contributed by atoms with Crippen molar-refractivity contribution >= 4 is 60.0 Å². The second-order valence-corrected chi connectivity index (χ2v) is 12.0. The molecule has 280 valence electrons. The number of primary amides is 1. The zero-order valence-corrected chi connectivity index (χ0v) is 28.7. The van der Waals surface area contributed by atoms with Crippen molar-refractivity contribution in [1.82, 2.24) is 36.6 Å². The first kappa shape index (κ1) is 43.1. The highest BCUT2D eigenvalue weighted by Crippen LogP contribution is 2.08. The van der Waals surface area contributed by atoms with Crippen molar-refractivity contribution in [2.45, 2.75) is 82.2 Å². The molecular formula is C28H48N12O9S. The highest BCUT2D eigenvalue weighted by molar-refractivity contribution is 7.80. The molecule has 22 heteroatoms. The molecule has 50 heavy (non-hydrogen) atoms. The zero-order chi connectivity index (χ0) is 38.0. The van der Waals surface area contributed by atoms with Gasteiger partial charge in [-0.2, -0.15) is 12.6 Å². The van der Waals surface area contributed by atoms with Crippen LogP contribution in [0.15, 0.2) is 17.5 Å². The van der Waals surface area contributed by atoms with Gasteiger partial charge in [0, 0.05) is 30.6 Å². The molecule has 0 unspecified atom stereocenters. The number of amides is 6. The molecule has 0 saturated heterocycles. The summed E-state index contributed by atoms with van der Waals surface area (Å²) < 4.78 is 0. The number of aliphatic imine (C=N–C) groups is 1. The van der Waals surface area contributed by atoms with Gasteiger partial charge in [-0.3, -0.25) is 33.8 Å². The van der Waals surface area contributed by atoms with Crippen molar-refractivity contribution in [1.29, 1.82) is 0 Å². The van der Waals surface area contributed by atoms with E-state index in [2.05, 4.69) is 54.2 Å². The maximum atomic E-state index is 13.6. The Balaban J connectivity index is 3.17. The number of aromatic amines is 1. The number of nitrogens with two attached hydrogens (primary N) is 4. The first-order valence-electron chi connectivity index (χ1n) is 15.5. The third-order valence-corrected chi connectivity index (χ3v) is 7.27. The first-order chi connectivity index (χ1) is 23.5. The Morgan fingerprint density at radius 3 is 1.92 bits per heavy atom. The number of nitrogens with one attached hydrogen (secondary N) is 6. The molecule has 0 aliphatic carbocycles. The molecule has 0 aromatic carbocycles. The summed E-state index contributed by atoms with van der Waals surface area (Å²) in [5.41, 5.74) is 22.1. The van der Waals surface area contributed by atoms with E-state index in [9.17, 15) is 43.8 Å². The molecule has 0 aliphatic rings. The van der Waals surface area contributed by atoms with Gasteiger partial charge in [0.2, 0.25) is 35.4 Å².